The molecule has 1 rings (SSSR count). The molecule has 0 radical (unpaired) electrons. The number of aryl methyl sites for hydroxylation is 1. The number of pyridine rings is 1. The van der Waals surface area contributed by atoms with Crippen LogP contribution < -0.4 is 0 Å². The summed E-state index contributed by atoms with van der Waals surface area (Å²) in [5.74, 6) is 0.179. The van der Waals surface area contributed by atoms with Crippen LogP contribution in [-0.4, -0.2) is 35.3 Å². The minimum Gasteiger partial charge on any atom is -0.297 e. The van der Waals surface area contributed by atoms with Gasteiger partial charge in [0.15, 0.2) is 5.78 Å². The highest BCUT2D eigenvalue weighted by atomic mass is 16.1. The summed E-state index contributed by atoms with van der Waals surface area (Å²) in [6.07, 6.45) is 5.02. The molecule has 0 saturated carbocycles. The van der Waals surface area contributed by atoms with Crippen LogP contribution in [0.5, 0.6) is 0 Å². The van der Waals surface area contributed by atoms with Gasteiger partial charge in [0.2, 0.25) is 0 Å². The van der Waals surface area contributed by atoms with Crippen molar-refractivity contribution in [2.24, 2.45) is 0 Å². The molecule has 0 spiro atoms. The molecule has 0 N–H and O–H groups in total. The summed E-state index contributed by atoms with van der Waals surface area (Å²) in [5, 5.41) is 0. The zero-order valence-electron chi connectivity index (χ0n) is 11.4. The van der Waals surface area contributed by atoms with Gasteiger partial charge in [-0.2, -0.15) is 0 Å². The van der Waals surface area contributed by atoms with Crippen molar-refractivity contribution in [2.75, 3.05) is 14.1 Å². The molecule has 1 aromatic rings. The SMILES string of the molecule is CCC(CC)(C(=O)c1cnccc1C)N(C)C. The molecule has 0 saturated heterocycles. The molecule has 0 aliphatic carbocycles. The minimum atomic E-state index is -0.409. The maximum Gasteiger partial charge on any atom is 0.184 e. The summed E-state index contributed by atoms with van der Waals surface area (Å²) in [7, 11) is 3.94. The third kappa shape index (κ3) is 2.39. The molecule has 0 atom stereocenters. The molecule has 0 amide bonds. The molecule has 1 aromatic heterocycles. The fourth-order valence-electron chi connectivity index (χ4n) is 2.36. The summed E-state index contributed by atoms with van der Waals surface area (Å²) < 4.78 is 0. The van der Waals surface area contributed by atoms with Crippen LogP contribution >= 0.6 is 0 Å². The second-order valence-electron chi connectivity index (χ2n) is 4.65. The number of nitrogens with zero attached hydrogens (tertiary/aromatic N) is 2. The molecule has 94 valence electrons. The Labute approximate surface area is 104 Å². The molecule has 0 aromatic carbocycles. The number of likely N-dealkylation sites (N-methyl/N-ethyl adjacent to an activating group) is 1. The Kier molecular flexibility index (Phi) is 4.40. The highest BCUT2D eigenvalue weighted by Crippen LogP contribution is 2.27. The first-order valence-corrected chi connectivity index (χ1v) is 6.12. The Balaban J connectivity index is 3.22. The van der Waals surface area contributed by atoms with Crippen LogP contribution in [0.4, 0.5) is 0 Å². The smallest absolute Gasteiger partial charge is 0.184 e. The van der Waals surface area contributed by atoms with Gasteiger partial charge in [0, 0.05) is 18.0 Å². The topological polar surface area (TPSA) is 33.2 Å². The highest BCUT2D eigenvalue weighted by Gasteiger charge is 2.38. The van der Waals surface area contributed by atoms with Gasteiger partial charge in [-0.25, -0.2) is 0 Å². The Morgan fingerprint density at radius 2 is 1.94 bits per heavy atom. The zero-order chi connectivity index (χ0) is 13.1. The number of carbonyl (C=O) groups excluding carboxylic acids is 1. The predicted molar refractivity (Wildman–Crippen MR) is 70.3 cm³/mol. The molecule has 0 aliphatic heterocycles. The molecule has 3 nitrogen and oxygen atoms in total. The van der Waals surface area contributed by atoms with Crippen molar-refractivity contribution < 1.29 is 4.79 Å². The third-order valence-corrected chi connectivity index (χ3v) is 3.73. The van der Waals surface area contributed by atoms with E-state index in [0.717, 1.165) is 24.0 Å². The fraction of sp³-hybridized carbons (Fsp3) is 0.571. The van der Waals surface area contributed by atoms with Crippen LogP contribution in [0.15, 0.2) is 18.5 Å². The number of ketones is 1. The van der Waals surface area contributed by atoms with Crippen molar-refractivity contribution in [2.45, 2.75) is 39.2 Å². The van der Waals surface area contributed by atoms with Gasteiger partial charge in [-0.1, -0.05) is 13.8 Å². The lowest BCUT2D eigenvalue weighted by Crippen LogP contribution is -2.50. The van der Waals surface area contributed by atoms with Gasteiger partial charge < -0.3 is 0 Å². The summed E-state index contributed by atoms with van der Waals surface area (Å²) >= 11 is 0. The first-order valence-electron chi connectivity index (χ1n) is 6.12. The van der Waals surface area contributed by atoms with E-state index >= 15 is 0 Å². The molecule has 0 aliphatic rings. The van der Waals surface area contributed by atoms with Crippen LogP contribution in [0.3, 0.4) is 0 Å². The maximum atomic E-state index is 12.7. The summed E-state index contributed by atoms with van der Waals surface area (Å²) in [5.41, 5.74) is 1.33. The molecule has 0 unspecified atom stereocenters. The van der Waals surface area contributed by atoms with E-state index in [2.05, 4.69) is 18.8 Å². The van der Waals surface area contributed by atoms with Crippen molar-refractivity contribution in [3.8, 4) is 0 Å². The predicted octanol–water partition coefficient (Wildman–Crippen LogP) is 2.69. The summed E-state index contributed by atoms with van der Waals surface area (Å²) in [4.78, 5) is 18.8. The van der Waals surface area contributed by atoms with E-state index in [4.69, 9.17) is 0 Å². The second kappa shape index (κ2) is 5.41. The van der Waals surface area contributed by atoms with Crippen LogP contribution in [0.2, 0.25) is 0 Å². The van der Waals surface area contributed by atoms with Crippen molar-refractivity contribution in [3.63, 3.8) is 0 Å². The van der Waals surface area contributed by atoms with Gasteiger partial charge in [-0.05, 0) is 45.5 Å². The number of Topliss-reactive ketones (excluding diaryl/α,β-unsaturated/α-hetero) is 1. The monoisotopic (exact) mass is 234 g/mol. The minimum absolute atomic E-state index is 0.179. The fourth-order valence-corrected chi connectivity index (χ4v) is 2.36. The number of rotatable bonds is 5. The summed E-state index contributed by atoms with van der Waals surface area (Å²) in [6.45, 7) is 6.08. The lowest BCUT2D eigenvalue weighted by Gasteiger charge is -2.37. The van der Waals surface area contributed by atoms with Gasteiger partial charge in [0.05, 0.1) is 5.54 Å². The molecular weight excluding hydrogens is 212 g/mol. The van der Waals surface area contributed by atoms with E-state index in [1.54, 1.807) is 12.4 Å². The van der Waals surface area contributed by atoms with E-state index in [-0.39, 0.29) is 5.78 Å². The van der Waals surface area contributed by atoms with Crippen molar-refractivity contribution in [1.82, 2.24) is 9.88 Å². The van der Waals surface area contributed by atoms with Crippen molar-refractivity contribution >= 4 is 5.78 Å². The van der Waals surface area contributed by atoms with Crippen molar-refractivity contribution in [1.29, 1.82) is 0 Å². The molecule has 0 fully saturated rings. The normalized spacial score (nSPS) is 11.9. The van der Waals surface area contributed by atoms with Crippen LogP contribution in [0.25, 0.3) is 0 Å². The van der Waals surface area contributed by atoms with Crippen LogP contribution in [-0.2, 0) is 0 Å². The largest absolute Gasteiger partial charge is 0.297 e. The molecule has 3 heteroatoms. The van der Waals surface area contributed by atoms with Crippen LogP contribution in [0, 0.1) is 6.92 Å². The Morgan fingerprint density at radius 1 is 1.35 bits per heavy atom. The number of hydrogen-bond donors (Lipinski definition) is 0. The average molecular weight is 234 g/mol. The third-order valence-electron chi connectivity index (χ3n) is 3.73. The maximum absolute atomic E-state index is 12.7. The average Bonchev–Trinajstić information content (AvgIpc) is 2.31. The molecule has 0 bridgehead atoms. The first-order chi connectivity index (χ1) is 7.99. The number of hydrogen-bond acceptors (Lipinski definition) is 3. The van der Waals surface area contributed by atoms with Gasteiger partial charge in [0.1, 0.15) is 0 Å². The van der Waals surface area contributed by atoms with Gasteiger partial charge >= 0.3 is 0 Å². The van der Waals surface area contributed by atoms with E-state index in [1.165, 1.54) is 0 Å². The Hall–Kier alpha value is -1.22. The van der Waals surface area contributed by atoms with E-state index in [1.807, 2.05) is 32.0 Å². The molecule has 1 heterocycles. The number of aromatic nitrogens is 1. The lowest BCUT2D eigenvalue weighted by atomic mass is 9.82. The first kappa shape index (κ1) is 13.8. The van der Waals surface area contributed by atoms with E-state index in [9.17, 15) is 4.79 Å². The lowest BCUT2D eigenvalue weighted by molar-refractivity contribution is 0.0655. The second-order valence-corrected chi connectivity index (χ2v) is 4.65. The standard InChI is InChI=1S/C14H22N2O/c1-6-14(7-2,16(4)5)13(17)12-10-15-9-8-11(12)3/h8-10H,6-7H2,1-5H3. The van der Waals surface area contributed by atoms with Gasteiger partial charge in [-0.15, -0.1) is 0 Å². The quantitative estimate of drug-likeness (QED) is 0.734. The van der Waals surface area contributed by atoms with Gasteiger partial charge in [0.25, 0.3) is 0 Å². The zero-order valence-corrected chi connectivity index (χ0v) is 11.4. The Morgan fingerprint density at radius 3 is 2.35 bits per heavy atom. The van der Waals surface area contributed by atoms with Crippen LogP contribution in [0.1, 0.15) is 42.6 Å². The highest BCUT2D eigenvalue weighted by molar-refractivity contribution is 6.04. The van der Waals surface area contributed by atoms with E-state index in [0.29, 0.717) is 0 Å². The van der Waals surface area contributed by atoms with E-state index < -0.39 is 5.54 Å². The summed E-state index contributed by atoms with van der Waals surface area (Å²) in [6, 6.07) is 1.89. The molecular formula is C14H22N2O. The van der Waals surface area contributed by atoms with Gasteiger partial charge in [-0.3, -0.25) is 14.7 Å². The molecule has 17 heavy (non-hydrogen) atoms. The number of carbonyl (C=O) groups is 1. The van der Waals surface area contributed by atoms with Crippen molar-refractivity contribution in [3.05, 3.63) is 29.6 Å². The Bertz CT molecular complexity index is 395.